The van der Waals surface area contributed by atoms with Gasteiger partial charge >= 0.3 is 27.5 Å². The van der Waals surface area contributed by atoms with E-state index in [2.05, 4.69) is 98.6 Å². The SMILES string of the molecule is CC(=Nc1ccc(C)cc1)c1[c-]cc(-c2ccccc2)cc1.CC1C(C)C(C)C(C)C1C.[CH3-].[Cl][Ir+2]. The Morgan fingerprint density at radius 2 is 1.20 bits per heavy atom. The van der Waals surface area contributed by atoms with Gasteiger partial charge in [-0.05, 0) is 54.4 Å². The average molecular weight is 667 g/mol. The second-order valence-corrected chi connectivity index (χ2v) is 9.69. The van der Waals surface area contributed by atoms with E-state index in [1.54, 1.807) is 0 Å². The molecule has 0 amide bonds. The molecule has 0 bridgehead atoms. The fourth-order valence-electron chi connectivity index (χ4n) is 4.73. The molecular formula is C32H41ClIrN. The molecule has 0 atom stereocenters. The summed E-state index contributed by atoms with van der Waals surface area (Å²) >= 11 is 1.47. The molecule has 1 aliphatic carbocycles. The second-order valence-electron chi connectivity index (χ2n) is 9.69. The van der Waals surface area contributed by atoms with Crippen LogP contribution in [0.25, 0.3) is 11.1 Å². The van der Waals surface area contributed by atoms with E-state index in [0.29, 0.717) is 0 Å². The van der Waals surface area contributed by atoms with Crippen LogP contribution in [0.3, 0.4) is 0 Å². The van der Waals surface area contributed by atoms with Gasteiger partial charge in [-0.1, -0.05) is 101 Å². The molecule has 3 heteroatoms. The summed E-state index contributed by atoms with van der Waals surface area (Å²) in [5.41, 5.74) is 6.61. The van der Waals surface area contributed by atoms with Gasteiger partial charge in [0.05, 0.1) is 5.69 Å². The van der Waals surface area contributed by atoms with E-state index in [9.17, 15) is 0 Å². The van der Waals surface area contributed by atoms with Gasteiger partial charge in [0.2, 0.25) is 0 Å². The van der Waals surface area contributed by atoms with Gasteiger partial charge in [-0.15, -0.1) is 29.8 Å². The molecule has 0 heterocycles. The minimum absolute atomic E-state index is 0. The van der Waals surface area contributed by atoms with Crippen LogP contribution in [0, 0.1) is 50.0 Å². The number of halogens is 1. The summed E-state index contributed by atoms with van der Waals surface area (Å²) in [7, 11) is 4.64. The predicted octanol–water partition coefficient (Wildman–Crippen LogP) is 9.92. The summed E-state index contributed by atoms with van der Waals surface area (Å²) in [6.45, 7) is 16.1. The van der Waals surface area contributed by atoms with Crippen molar-refractivity contribution in [1.29, 1.82) is 0 Å². The van der Waals surface area contributed by atoms with Crippen LogP contribution < -0.4 is 0 Å². The molecule has 1 aliphatic rings. The van der Waals surface area contributed by atoms with Crippen molar-refractivity contribution >= 4 is 21.0 Å². The van der Waals surface area contributed by atoms with Crippen molar-refractivity contribution in [3.8, 4) is 11.1 Å². The Morgan fingerprint density at radius 1 is 0.714 bits per heavy atom. The first kappa shape index (κ1) is 31.3. The normalized spacial score (nSPS) is 23.2. The van der Waals surface area contributed by atoms with Crippen LogP contribution in [0.4, 0.5) is 5.69 Å². The number of hydrogen-bond donors (Lipinski definition) is 0. The Balaban J connectivity index is 0.000000398. The quantitative estimate of drug-likeness (QED) is 0.195. The molecule has 3 aromatic rings. The van der Waals surface area contributed by atoms with Crippen molar-refractivity contribution in [2.75, 3.05) is 0 Å². The zero-order chi connectivity index (χ0) is 25.3. The minimum atomic E-state index is 0. The first-order chi connectivity index (χ1) is 16.3. The summed E-state index contributed by atoms with van der Waals surface area (Å²) in [5.74, 6) is 4.68. The fourth-order valence-corrected chi connectivity index (χ4v) is 4.73. The summed E-state index contributed by atoms with van der Waals surface area (Å²) < 4.78 is 0. The van der Waals surface area contributed by atoms with Crippen LogP contribution in [-0.4, -0.2) is 5.71 Å². The van der Waals surface area contributed by atoms with E-state index in [-0.39, 0.29) is 7.43 Å². The van der Waals surface area contributed by atoms with Gasteiger partial charge in [-0.2, -0.15) is 0 Å². The molecule has 35 heavy (non-hydrogen) atoms. The van der Waals surface area contributed by atoms with Gasteiger partial charge in [0.1, 0.15) is 0 Å². The first-order valence-electron chi connectivity index (χ1n) is 12.1. The van der Waals surface area contributed by atoms with E-state index < -0.39 is 0 Å². The zero-order valence-corrected chi connectivity index (χ0v) is 25.6. The van der Waals surface area contributed by atoms with Crippen molar-refractivity contribution in [3.05, 3.63) is 97.4 Å². The van der Waals surface area contributed by atoms with E-state index in [0.717, 1.165) is 46.6 Å². The Labute approximate surface area is 229 Å². The van der Waals surface area contributed by atoms with Crippen molar-refractivity contribution in [2.24, 2.45) is 34.6 Å². The van der Waals surface area contributed by atoms with Crippen molar-refractivity contribution in [1.82, 2.24) is 0 Å². The van der Waals surface area contributed by atoms with Crippen LogP contribution in [0.1, 0.15) is 52.7 Å². The molecule has 0 radical (unpaired) electrons. The van der Waals surface area contributed by atoms with E-state index in [4.69, 9.17) is 0 Å². The summed E-state index contributed by atoms with van der Waals surface area (Å²) in [4.78, 5) is 4.66. The number of aliphatic imine (C=N–C) groups is 1. The molecule has 0 saturated heterocycles. The molecule has 0 aliphatic heterocycles. The van der Waals surface area contributed by atoms with E-state index in [1.165, 1.54) is 34.6 Å². The second kappa shape index (κ2) is 15.4. The molecule has 190 valence electrons. The van der Waals surface area contributed by atoms with Crippen molar-refractivity contribution in [2.45, 2.75) is 48.5 Å². The molecule has 0 unspecified atom stereocenters. The van der Waals surface area contributed by atoms with Gasteiger partial charge < -0.3 is 12.4 Å². The fraction of sp³-hybridized carbons (Fsp3) is 0.375. The Hall–Kier alpha value is -1.73. The third-order valence-electron chi connectivity index (χ3n) is 7.79. The van der Waals surface area contributed by atoms with E-state index >= 15 is 0 Å². The van der Waals surface area contributed by atoms with Crippen LogP contribution in [0.2, 0.25) is 0 Å². The van der Waals surface area contributed by atoms with Gasteiger partial charge in [0.15, 0.2) is 0 Å². The number of hydrogen-bond acceptors (Lipinski definition) is 1. The van der Waals surface area contributed by atoms with Crippen LogP contribution >= 0.6 is 9.58 Å². The zero-order valence-electron chi connectivity index (χ0n) is 22.5. The maximum atomic E-state index is 4.66. The summed E-state index contributed by atoms with van der Waals surface area (Å²) in [6.07, 6.45) is 0. The molecule has 0 N–H and O–H groups in total. The first-order valence-corrected chi connectivity index (χ1v) is 15.1. The van der Waals surface area contributed by atoms with Gasteiger partial charge in [0, 0.05) is 0 Å². The van der Waals surface area contributed by atoms with Crippen LogP contribution in [0.15, 0.2) is 77.8 Å². The van der Waals surface area contributed by atoms with Gasteiger partial charge in [-0.25, -0.2) is 0 Å². The number of nitrogens with zero attached hydrogens (tertiary/aromatic N) is 1. The average Bonchev–Trinajstić information content (AvgIpc) is 3.05. The van der Waals surface area contributed by atoms with Gasteiger partial charge in [-0.3, -0.25) is 0 Å². The van der Waals surface area contributed by atoms with Gasteiger partial charge in [0.25, 0.3) is 0 Å². The number of rotatable bonds is 3. The molecule has 1 fully saturated rings. The monoisotopic (exact) mass is 667 g/mol. The Bertz CT molecular complexity index is 967. The third kappa shape index (κ3) is 8.71. The summed E-state index contributed by atoms with van der Waals surface area (Å²) in [5, 5.41) is 0. The number of benzene rings is 3. The summed E-state index contributed by atoms with van der Waals surface area (Å²) in [6, 6.07) is 28.1. The topological polar surface area (TPSA) is 12.4 Å². The molecule has 4 rings (SSSR count). The molecular weight excluding hydrogens is 626 g/mol. The number of aryl methyl sites for hydroxylation is 1. The predicted molar refractivity (Wildman–Crippen MR) is 152 cm³/mol. The molecule has 0 aromatic heterocycles. The molecule has 3 aromatic carbocycles. The Kier molecular flexibility index (Phi) is 13.8. The molecule has 0 spiro atoms. The van der Waals surface area contributed by atoms with E-state index in [1.807, 2.05) is 43.3 Å². The van der Waals surface area contributed by atoms with Crippen LogP contribution in [-0.2, 0) is 17.9 Å². The van der Waals surface area contributed by atoms with Crippen molar-refractivity contribution in [3.63, 3.8) is 0 Å². The van der Waals surface area contributed by atoms with Crippen molar-refractivity contribution < 1.29 is 17.9 Å². The standard InChI is InChI=1S/C21H18N.C10H20.CH3.ClH.Ir/c1-16-8-14-21(15-9-16)22-17(2)18-10-12-20(13-11-18)19-6-4-3-5-7-19;1-6-7(2)9(4)10(5)8(6)3;;;/h3-10,12-15H,1-2H3;6-10H,1-5H3;1H3;1H;/q-1;;-1;;+3/p-1. The molecule has 1 saturated carbocycles. The maximum absolute atomic E-state index is 4.66. The van der Waals surface area contributed by atoms with Crippen LogP contribution in [0.5, 0.6) is 0 Å². The Morgan fingerprint density at radius 3 is 1.63 bits per heavy atom. The third-order valence-corrected chi connectivity index (χ3v) is 7.79. The molecule has 1 nitrogen and oxygen atoms in total.